The molecule has 1 saturated carbocycles. The average molecular weight is 407 g/mol. The van der Waals surface area contributed by atoms with Gasteiger partial charge in [-0.3, -0.25) is 4.79 Å². The molecule has 1 unspecified atom stereocenters. The number of carbonyl (C=O) groups is 2. The third kappa shape index (κ3) is 5.17. The third-order valence-corrected chi connectivity index (χ3v) is 5.00. The summed E-state index contributed by atoms with van der Waals surface area (Å²) in [5.74, 6) is -0.231. The van der Waals surface area contributed by atoms with Gasteiger partial charge in [-0.1, -0.05) is 11.6 Å². The Balaban J connectivity index is 1.62. The van der Waals surface area contributed by atoms with E-state index in [1.807, 2.05) is 26.8 Å². The third-order valence-electron chi connectivity index (χ3n) is 4.77. The number of H-pyrrole nitrogens is 1. The maximum Gasteiger partial charge on any atom is 0.407 e. The first-order valence-corrected chi connectivity index (χ1v) is 9.83. The van der Waals surface area contributed by atoms with Crippen LogP contribution in [0, 0.1) is 0 Å². The van der Waals surface area contributed by atoms with E-state index in [1.54, 1.807) is 18.2 Å². The van der Waals surface area contributed by atoms with Crippen molar-refractivity contribution < 1.29 is 14.3 Å². The predicted octanol–water partition coefficient (Wildman–Crippen LogP) is 3.32. The normalized spacial score (nSPS) is 22.7. The van der Waals surface area contributed by atoms with Crippen LogP contribution < -0.4 is 16.4 Å². The molecule has 1 aromatic heterocycles. The van der Waals surface area contributed by atoms with Crippen molar-refractivity contribution in [2.75, 3.05) is 0 Å². The smallest absolute Gasteiger partial charge is 0.407 e. The molecule has 5 N–H and O–H groups in total. The molecule has 152 valence electrons. The average Bonchev–Trinajstić information content (AvgIpc) is 2.99. The standard InChI is InChI=1S/C20H27ClN4O3/c1-20(2,3)28-19(27)23-13-5-6-14(22)16(10-13)25-18(26)17-9-11-8-12(21)4-7-15(11)24-17/h4,7-9,13-14,16,24H,5-6,10,22H2,1-3H3,(H,23,27)(H,25,26)/t13?,14-,16+/m0/s1. The van der Waals surface area contributed by atoms with Gasteiger partial charge in [-0.2, -0.15) is 0 Å². The van der Waals surface area contributed by atoms with Gasteiger partial charge in [-0.05, 0) is 64.3 Å². The number of ether oxygens (including phenoxy) is 1. The minimum atomic E-state index is -0.554. The number of hydrogen-bond acceptors (Lipinski definition) is 4. The summed E-state index contributed by atoms with van der Waals surface area (Å²) in [5, 5.41) is 7.35. The Morgan fingerprint density at radius 1 is 1.21 bits per heavy atom. The molecular weight excluding hydrogens is 380 g/mol. The first-order chi connectivity index (χ1) is 13.1. The molecule has 0 saturated heterocycles. The highest BCUT2D eigenvalue weighted by Crippen LogP contribution is 2.22. The number of nitrogens with two attached hydrogens (primary N) is 1. The number of nitrogens with one attached hydrogen (secondary N) is 3. The van der Waals surface area contributed by atoms with Gasteiger partial charge in [0, 0.05) is 34.1 Å². The van der Waals surface area contributed by atoms with Gasteiger partial charge in [-0.25, -0.2) is 4.79 Å². The number of rotatable bonds is 3. The maximum absolute atomic E-state index is 12.7. The predicted molar refractivity (Wildman–Crippen MR) is 110 cm³/mol. The van der Waals surface area contributed by atoms with Crippen LogP contribution in [0.4, 0.5) is 4.79 Å². The van der Waals surface area contributed by atoms with Crippen LogP contribution in [0.25, 0.3) is 10.9 Å². The lowest BCUT2D eigenvalue weighted by atomic mass is 9.87. The Hall–Kier alpha value is -2.25. The van der Waals surface area contributed by atoms with E-state index in [0.717, 1.165) is 17.3 Å². The lowest BCUT2D eigenvalue weighted by Gasteiger charge is -2.35. The van der Waals surface area contributed by atoms with Crippen LogP contribution in [-0.4, -0.2) is 40.7 Å². The number of carbonyl (C=O) groups excluding carboxylic acids is 2. The van der Waals surface area contributed by atoms with Crippen LogP contribution in [0.2, 0.25) is 5.02 Å². The van der Waals surface area contributed by atoms with E-state index in [0.29, 0.717) is 23.6 Å². The maximum atomic E-state index is 12.7. The molecule has 0 bridgehead atoms. The van der Waals surface area contributed by atoms with Gasteiger partial charge in [0.15, 0.2) is 0 Å². The van der Waals surface area contributed by atoms with Gasteiger partial charge >= 0.3 is 6.09 Å². The number of aromatic amines is 1. The Morgan fingerprint density at radius 3 is 2.68 bits per heavy atom. The molecule has 1 aliphatic rings. The zero-order valence-electron chi connectivity index (χ0n) is 16.3. The fraction of sp³-hybridized carbons (Fsp3) is 0.500. The van der Waals surface area contributed by atoms with E-state index in [2.05, 4.69) is 15.6 Å². The highest BCUT2D eigenvalue weighted by atomic mass is 35.5. The lowest BCUT2D eigenvalue weighted by Crippen LogP contribution is -2.55. The van der Waals surface area contributed by atoms with Crippen molar-refractivity contribution in [3.8, 4) is 0 Å². The Kier molecular flexibility index (Phi) is 5.86. The summed E-state index contributed by atoms with van der Waals surface area (Å²) in [6, 6.07) is 6.67. The van der Waals surface area contributed by atoms with Gasteiger partial charge < -0.3 is 26.1 Å². The summed E-state index contributed by atoms with van der Waals surface area (Å²) in [6.07, 6.45) is 1.55. The number of fused-ring (bicyclic) bond motifs is 1. The summed E-state index contributed by atoms with van der Waals surface area (Å²) in [4.78, 5) is 27.8. The van der Waals surface area contributed by atoms with Gasteiger partial charge in [0.25, 0.3) is 5.91 Å². The van der Waals surface area contributed by atoms with Gasteiger partial charge in [-0.15, -0.1) is 0 Å². The molecule has 0 radical (unpaired) electrons. The highest BCUT2D eigenvalue weighted by molar-refractivity contribution is 6.31. The second-order valence-corrected chi connectivity index (χ2v) is 8.75. The van der Waals surface area contributed by atoms with Crippen molar-refractivity contribution in [3.05, 3.63) is 35.0 Å². The lowest BCUT2D eigenvalue weighted by molar-refractivity contribution is 0.0486. The molecule has 0 spiro atoms. The van der Waals surface area contributed by atoms with Crippen molar-refractivity contribution in [2.24, 2.45) is 5.73 Å². The molecule has 1 aliphatic carbocycles. The van der Waals surface area contributed by atoms with Crippen LogP contribution in [0.5, 0.6) is 0 Å². The van der Waals surface area contributed by atoms with Crippen LogP contribution in [0.1, 0.15) is 50.5 Å². The minimum absolute atomic E-state index is 0.0959. The second kappa shape index (κ2) is 8.01. The number of aromatic nitrogens is 1. The number of halogens is 1. The van der Waals surface area contributed by atoms with Crippen molar-refractivity contribution in [2.45, 2.75) is 63.8 Å². The zero-order valence-corrected chi connectivity index (χ0v) is 17.1. The molecule has 3 atom stereocenters. The summed E-state index contributed by atoms with van der Waals surface area (Å²) in [7, 11) is 0. The molecular formula is C20H27ClN4O3. The SMILES string of the molecule is CC(C)(C)OC(=O)NC1CC[C@H](N)[C@H](NC(=O)c2cc3cc(Cl)ccc3[nH]2)C1. The minimum Gasteiger partial charge on any atom is -0.444 e. The van der Waals surface area contributed by atoms with E-state index < -0.39 is 11.7 Å². The number of hydrogen-bond donors (Lipinski definition) is 4. The van der Waals surface area contributed by atoms with Crippen LogP contribution in [0.15, 0.2) is 24.3 Å². The number of amides is 2. The molecule has 0 aliphatic heterocycles. The second-order valence-electron chi connectivity index (χ2n) is 8.31. The zero-order chi connectivity index (χ0) is 20.5. The summed E-state index contributed by atoms with van der Waals surface area (Å²) >= 11 is 6.00. The molecule has 2 amide bonds. The Morgan fingerprint density at radius 2 is 1.96 bits per heavy atom. The summed E-state index contributed by atoms with van der Waals surface area (Å²) < 4.78 is 5.31. The Bertz CT molecular complexity index is 874. The van der Waals surface area contributed by atoms with Crippen molar-refractivity contribution in [3.63, 3.8) is 0 Å². The van der Waals surface area contributed by atoms with Gasteiger partial charge in [0.05, 0.1) is 0 Å². The van der Waals surface area contributed by atoms with Crippen LogP contribution in [0.3, 0.4) is 0 Å². The van der Waals surface area contributed by atoms with E-state index in [9.17, 15) is 9.59 Å². The largest absolute Gasteiger partial charge is 0.444 e. The molecule has 2 aromatic rings. The molecule has 8 heteroatoms. The van der Waals surface area contributed by atoms with Gasteiger partial charge in [0.2, 0.25) is 0 Å². The monoisotopic (exact) mass is 406 g/mol. The number of alkyl carbamates (subject to hydrolysis) is 1. The quantitative estimate of drug-likeness (QED) is 0.626. The number of benzene rings is 1. The topological polar surface area (TPSA) is 109 Å². The molecule has 1 aromatic carbocycles. The fourth-order valence-electron chi connectivity index (χ4n) is 3.44. The van der Waals surface area contributed by atoms with Crippen molar-refractivity contribution >= 4 is 34.5 Å². The van der Waals surface area contributed by atoms with Crippen molar-refractivity contribution in [1.29, 1.82) is 0 Å². The van der Waals surface area contributed by atoms with E-state index in [4.69, 9.17) is 22.1 Å². The van der Waals surface area contributed by atoms with Crippen LogP contribution >= 0.6 is 11.6 Å². The first kappa shape index (κ1) is 20.5. The molecule has 28 heavy (non-hydrogen) atoms. The molecule has 1 fully saturated rings. The van der Waals surface area contributed by atoms with E-state index in [1.165, 1.54) is 0 Å². The highest BCUT2D eigenvalue weighted by Gasteiger charge is 2.31. The van der Waals surface area contributed by atoms with E-state index in [-0.39, 0.29) is 24.0 Å². The first-order valence-electron chi connectivity index (χ1n) is 9.45. The van der Waals surface area contributed by atoms with Gasteiger partial charge in [0.1, 0.15) is 11.3 Å². The fourth-order valence-corrected chi connectivity index (χ4v) is 3.62. The summed E-state index contributed by atoms with van der Waals surface area (Å²) in [6.45, 7) is 5.46. The molecule has 1 heterocycles. The Labute approximate surface area is 169 Å². The van der Waals surface area contributed by atoms with E-state index >= 15 is 0 Å². The summed E-state index contributed by atoms with van der Waals surface area (Å²) in [5.41, 5.74) is 6.94. The van der Waals surface area contributed by atoms with Crippen LogP contribution in [-0.2, 0) is 4.74 Å². The van der Waals surface area contributed by atoms with Crippen molar-refractivity contribution in [1.82, 2.24) is 15.6 Å². The molecule has 7 nitrogen and oxygen atoms in total. The molecule has 3 rings (SSSR count).